The van der Waals surface area contributed by atoms with E-state index < -0.39 is 17.7 Å². The fourth-order valence-corrected chi connectivity index (χ4v) is 2.48. The summed E-state index contributed by atoms with van der Waals surface area (Å²) in [5.74, 6) is -0.490. The van der Waals surface area contributed by atoms with Gasteiger partial charge in [0.15, 0.2) is 0 Å². The van der Waals surface area contributed by atoms with E-state index in [1.165, 1.54) is 6.20 Å². The highest BCUT2D eigenvalue weighted by atomic mass is 19.1. The largest absolute Gasteiger partial charge is 0.437 e. The van der Waals surface area contributed by atoms with Gasteiger partial charge in [0.1, 0.15) is 23.1 Å². The van der Waals surface area contributed by atoms with E-state index in [4.69, 9.17) is 4.74 Å². The van der Waals surface area contributed by atoms with Crippen LogP contribution in [-0.2, 0) is 0 Å². The van der Waals surface area contributed by atoms with Crippen LogP contribution in [-0.4, -0.2) is 11.0 Å². The number of pyridine rings is 1. The third-order valence-corrected chi connectivity index (χ3v) is 3.94. The van der Waals surface area contributed by atoms with Crippen molar-refractivity contribution in [2.24, 2.45) is 0 Å². The van der Waals surface area contributed by atoms with E-state index in [0.717, 1.165) is 17.7 Å². The van der Waals surface area contributed by atoms with E-state index in [1.54, 1.807) is 18.2 Å². The third-order valence-electron chi connectivity index (χ3n) is 3.94. The molecule has 0 aliphatic carbocycles. The maximum atomic E-state index is 13.7. The Morgan fingerprint density at radius 2 is 1.79 bits per heavy atom. The monoisotopic (exact) mass is 383 g/mol. The number of ether oxygens (including phenoxy) is 1. The fraction of sp³-hybridized carbons (Fsp3) is 0.143. The van der Waals surface area contributed by atoms with E-state index in [1.807, 2.05) is 18.2 Å². The van der Waals surface area contributed by atoms with Crippen LogP contribution < -0.4 is 15.4 Å². The average molecular weight is 383 g/mol. The lowest BCUT2D eigenvalue weighted by molar-refractivity contribution is 0.262. The first-order chi connectivity index (χ1) is 13.4. The van der Waals surface area contributed by atoms with Crippen LogP contribution >= 0.6 is 0 Å². The van der Waals surface area contributed by atoms with Gasteiger partial charge in [-0.3, -0.25) is 0 Å². The molecule has 0 atom stereocenters. The number of aromatic nitrogens is 1. The molecule has 7 heteroatoms. The van der Waals surface area contributed by atoms with Gasteiger partial charge in [-0.1, -0.05) is 26.0 Å². The Labute approximate surface area is 161 Å². The molecule has 2 N–H and O–H groups in total. The van der Waals surface area contributed by atoms with Gasteiger partial charge in [0.2, 0.25) is 5.88 Å². The molecule has 0 aliphatic rings. The summed E-state index contributed by atoms with van der Waals surface area (Å²) in [6.07, 6.45) is 1.53. The van der Waals surface area contributed by atoms with Gasteiger partial charge in [0, 0.05) is 12.3 Å². The maximum Gasteiger partial charge on any atom is 0.323 e. The van der Waals surface area contributed by atoms with Gasteiger partial charge in [-0.2, -0.15) is 0 Å². The maximum absolute atomic E-state index is 13.7. The van der Waals surface area contributed by atoms with Crippen molar-refractivity contribution < 1.29 is 18.3 Å². The second-order valence-corrected chi connectivity index (χ2v) is 6.39. The molecule has 0 saturated carbocycles. The van der Waals surface area contributed by atoms with E-state index in [2.05, 4.69) is 29.5 Å². The fourth-order valence-electron chi connectivity index (χ4n) is 2.48. The van der Waals surface area contributed by atoms with Crippen LogP contribution in [0.4, 0.5) is 25.0 Å². The highest BCUT2D eigenvalue weighted by Gasteiger charge is 2.12. The molecule has 1 heterocycles. The lowest BCUT2D eigenvalue weighted by Crippen LogP contribution is -2.20. The summed E-state index contributed by atoms with van der Waals surface area (Å²) in [6.45, 7) is 4.15. The van der Waals surface area contributed by atoms with Crippen molar-refractivity contribution in [2.75, 3.05) is 10.6 Å². The SMILES string of the molecule is CC(C)c1cccc(Oc2ncccc2NC(=O)Nc2ccc(F)cc2F)c1. The number of carbonyl (C=O) groups excluding carboxylic acids is 1. The highest BCUT2D eigenvalue weighted by Crippen LogP contribution is 2.29. The number of anilines is 2. The van der Waals surface area contributed by atoms with Crippen LogP contribution in [0.1, 0.15) is 25.3 Å². The first-order valence-electron chi connectivity index (χ1n) is 8.68. The van der Waals surface area contributed by atoms with Crippen LogP contribution in [0.5, 0.6) is 11.6 Å². The number of nitrogens with zero attached hydrogens (tertiary/aromatic N) is 1. The van der Waals surface area contributed by atoms with E-state index in [0.29, 0.717) is 23.4 Å². The summed E-state index contributed by atoms with van der Waals surface area (Å²) < 4.78 is 32.5. The molecular formula is C21H19F2N3O2. The molecule has 28 heavy (non-hydrogen) atoms. The van der Waals surface area contributed by atoms with Gasteiger partial charge >= 0.3 is 6.03 Å². The molecule has 0 aliphatic heterocycles. The molecule has 2 amide bonds. The Hall–Kier alpha value is -3.48. The number of hydrogen-bond donors (Lipinski definition) is 2. The van der Waals surface area contributed by atoms with E-state index in [-0.39, 0.29) is 11.6 Å². The topological polar surface area (TPSA) is 63.2 Å². The molecule has 5 nitrogen and oxygen atoms in total. The minimum atomic E-state index is -0.872. The van der Waals surface area contributed by atoms with Crippen LogP contribution in [0.25, 0.3) is 0 Å². The molecule has 2 aromatic carbocycles. The number of halogens is 2. The van der Waals surface area contributed by atoms with Crippen LogP contribution in [0, 0.1) is 11.6 Å². The van der Waals surface area contributed by atoms with Gasteiger partial charge in [-0.05, 0) is 47.9 Å². The lowest BCUT2D eigenvalue weighted by atomic mass is 10.0. The lowest BCUT2D eigenvalue weighted by Gasteiger charge is -2.13. The number of benzene rings is 2. The van der Waals surface area contributed by atoms with Crippen molar-refractivity contribution >= 4 is 17.4 Å². The number of hydrogen-bond acceptors (Lipinski definition) is 3. The molecule has 0 fully saturated rings. The van der Waals surface area contributed by atoms with Crippen LogP contribution in [0.2, 0.25) is 0 Å². The minimum Gasteiger partial charge on any atom is -0.437 e. The molecule has 0 saturated heterocycles. The van der Waals surface area contributed by atoms with Gasteiger partial charge in [0.25, 0.3) is 0 Å². The summed E-state index contributed by atoms with van der Waals surface area (Å²) in [7, 11) is 0. The molecule has 0 radical (unpaired) electrons. The number of urea groups is 1. The predicted octanol–water partition coefficient (Wildman–Crippen LogP) is 5.92. The first kappa shape index (κ1) is 19.3. The Bertz CT molecular complexity index is 993. The van der Waals surface area contributed by atoms with Crippen LogP contribution in [0.3, 0.4) is 0 Å². The Kier molecular flexibility index (Phi) is 5.84. The number of amides is 2. The van der Waals surface area contributed by atoms with E-state index in [9.17, 15) is 13.6 Å². The second-order valence-electron chi connectivity index (χ2n) is 6.39. The molecule has 3 rings (SSSR count). The zero-order valence-electron chi connectivity index (χ0n) is 15.4. The van der Waals surface area contributed by atoms with Crippen molar-refractivity contribution in [1.29, 1.82) is 0 Å². The molecule has 144 valence electrons. The Balaban J connectivity index is 1.75. The van der Waals surface area contributed by atoms with Crippen molar-refractivity contribution in [2.45, 2.75) is 19.8 Å². The average Bonchev–Trinajstić information content (AvgIpc) is 2.66. The molecule has 0 bridgehead atoms. The standard InChI is InChI=1S/C21H19F2N3O2/c1-13(2)14-5-3-6-16(11-14)28-20-19(7-4-10-24-20)26-21(27)25-18-9-8-15(22)12-17(18)23/h3-13H,1-2H3,(H2,25,26,27). The first-order valence-corrected chi connectivity index (χ1v) is 8.68. The minimum absolute atomic E-state index is 0.144. The van der Waals surface area contributed by atoms with Crippen molar-refractivity contribution in [3.8, 4) is 11.6 Å². The summed E-state index contributed by atoms with van der Waals surface area (Å²) in [6, 6.07) is 13.0. The van der Waals surface area contributed by atoms with Gasteiger partial charge in [-0.25, -0.2) is 18.6 Å². The quantitative estimate of drug-likeness (QED) is 0.575. The normalized spacial score (nSPS) is 10.6. The predicted molar refractivity (Wildman–Crippen MR) is 104 cm³/mol. The van der Waals surface area contributed by atoms with Crippen molar-refractivity contribution in [1.82, 2.24) is 4.98 Å². The molecule has 1 aromatic heterocycles. The molecule has 3 aromatic rings. The van der Waals surface area contributed by atoms with Crippen LogP contribution in [0.15, 0.2) is 60.8 Å². The van der Waals surface area contributed by atoms with E-state index >= 15 is 0 Å². The summed E-state index contributed by atoms with van der Waals surface area (Å²) in [5, 5.41) is 4.89. The van der Waals surface area contributed by atoms with Crippen molar-refractivity contribution in [3.05, 3.63) is 78.0 Å². The zero-order chi connectivity index (χ0) is 20.1. The number of nitrogens with one attached hydrogen (secondary N) is 2. The van der Waals surface area contributed by atoms with Gasteiger partial charge in [-0.15, -0.1) is 0 Å². The van der Waals surface area contributed by atoms with Crippen molar-refractivity contribution in [3.63, 3.8) is 0 Å². The summed E-state index contributed by atoms with van der Waals surface area (Å²) in [5.41, 5.74) is 1.26. The molecule has 0 spiro atoms. The molecular weight excluding hydrogens is 364 g/mol. The highest BCUT2D eigenvalue weighted by molar-refractivity contribution is 6.00. The Morgan fingerprint density at radius 1 is 1.00 bits per heavy atom. The smallest absolute Gasteiger partial charge is 0.323 e. The second kappa shape index (κ2) is 8.47. The summed E-state index contributed by atoms with van der Waals surface area (Å²) in [4.78, 5) is 16.4. The van der Waals surface area contributed by atoms with Gasteiger partial charge in [0.05, 0.1) is 5.69 Å². The number of rotatable bonds is 5. The third kappa shape index (κ3) is 4.82. The summed E-state index contributed by atoms with van der Waals surface area (Å²) >= 11 is 0. The zero-order valence-corrected chi connectivity index (χ0v) is 15.4. The van der Waals surface area contributed by atoms with Gasteiger partial charge < -0.3 is 15.4 Å². The number of carbonyl (C=O) groups is 1. The molecule has 0 unspecified atom stereocenters. The Morgan fingerprint density at radius 3 is 2.54 bits per heavy atom.